The van der Waals surface area contributed by atoms with Crippen molar-refractivity contribution in [3.63, 3.8) is 0 Å². The molecule has 0 atom stereocenters. The Morgan fingerprint density at radius 2 is 2.25 bits per heavy atom. The van der Waals surface area contributed by atoms with Gasteiger partial charge in [-0.1, -0.05) is 6.07 Å². The zero-order valence-electron chi connectivity index (χ0n) is 8.73. The van der Waals surface area contributed by atoms with E-state index in [2.05, 4.69) is 0 Å². The summed E-state index contributed by atoms with van der Waals surface area (Å²) in [5.41, 5.74) is 0.522. The molecule has 0 saturated heterocycles. The molecular weight excluding hydrogens is 224 g/mol. The standard InChI is InChI=1S/C12H10O3S/c1-2-15-12(14)9-4-3-8-5-10(7-13)16-11(8)6-9/h3-7H,2H2,1H3. The van der Waals surface area contributed by atoms with E-state index in [0.29, 0.717) is 17.0 Å². The highest BCUT2D eigenvalue weighted by Crippen LogP contribution is 2.25. The first kappa shape index (κ1) is 10.8. The summed E-state index contributed by atoms with van der Waals surface area (Å²) in [7, 11) is 0. The minimum absolute atomic E-state index is 0.328. The number of carbonyl (C=O) groups is 2. The summed E-state index contributed by atoms with van der Waals surface area (Å²) in [6.45, 7) is 2.13. The van der Waals surface area contributed by atoms with Gasteiger partial charge in [0.25, 0.3) is 0 Å². The van der Waals surface area contributed by atoms with E-state index in [1.165, 1.54) is 11.3 Å². The van der Waals surface area contributed by atoms with Crippen LogP contribution in [0, 0.1) is 0 Å². The van der Waals surface area contributed by atoms with Crippen LogP contribution < -0.4 is 0 Å². The molecule has 0 radical (unpaired) electrons. The van der Waals surface area contributed by atoms with Crippen molar-refractivity contribution in [3.05, 3.63) is 34.7 Å². The van der Waals surface area contributed by atoms with Gasteiger partial charge in [-0.25, -0.2) is 4.79 Å². The Bertz CT molecular complexity index is 542. The number of fused-ring (bicyclic) bond motifs is 1. The summed E-state index contributed by atoms with van der Waals surface area (Å²) < 4.78 is 5.83. The number of rotatable bonds is 3. The van der Waals surface area contributed by atoms with E-state index in [0.717, 1.165) is 16.4 Å². The number of carbonyl (C=O) groups excluding carboxylic acids is 2. The zero-order chi connectivity index (χ0) is 11.5. The molecule has 0 N–H and O–H groups in total. The first-order chi connectivity index (χ1) is 7.74. The Morgan fingerprint density at radius 3 is 2.94 bits per heavy atom. The number of hydrogen-bond donors (Lipinski definition) is 0. The number of ether oxygens (including phenoxy) is 1. The molecule has 4 heteroatoms. The Morgan fingerprint density at radius 1 is 1.44 bits per heavy atom. The monoisotopic (exact) mass is 234 g/mol. The highest BCUT2D eigenvalue weighted by atomic mass is 32.1. The predicted octanol–water partition coefficient (Wildman–Crippen LogP) is 2.89. The van der Waals surface area contributed by atoms with Crippen LogP contribution in [0.4, 0.5) is 0 Å². The van der Waals surface area contributed by atoms with Crippen LogP contribution in [0.15, 0.2) is 24.3 Å². The van der Waals surface area contributed by atoms with Crippen LogP contribution in [0.2, 0.25) is 0 Å². The zero-order valence-corrected chi connectivity index (χ0v) is 9.54. The molecule has 16 heavy (non-hydrogen) atoms. The molecule has 1 aromatic heterocycles. The van der Waals surface area contributed by atoms with Crippen molar-refractivity contribution in [1.29, 1.82) is 0 Å². The lowest BCUT2D eigenvalue weighted by Gasteiger charge is -2.00. The second-order valence-electron chi connectivity index (χ2n) is 3.24. The molecule has 0 fully saturated rings. The van der Waals surface area contributed by atoms with Crippen LogP contribution in [0.1, 0.15) is 27.0 Å². The molecule has 0 saturated carbocycles. The van der Waals surface area contributed by atoms with Crippen molar-refractivity contribution in [1.82, 2.24) is 0 Å². The maximum absolute atomic E-state index is 11.5. The Labute approximate surface area is 96.6 Å². The van der Waals surface area contributed by atoms with Gasteiger partial charge in [0.05, 0.1) is 17.0 Å². The first-order valence-corrected chi connectivity index (χ1v) is 5.72. The lowest BCUT2D eigenvalue weighted by molar-refractivity contribution is 0.0526. The van der Waals surface area contributed by atoms with E-state index in [-0.39, 0.29) is 5.97 Å². The summed E-state index contributed by atoms with van der Waals surface area (Å²) in [6.07, 6.45) is 0.814. The van der Waals surface area contributed by atoms with Crippen LogP contribution >= 0.6 is 11.3 Å². The molecule has 1 aromatic carbocycles. The van der Waals surface area contributed by atoms with Gasteiger partial charge >= 0.3 is 5.97 Å². The summed E-state index contributed by atoms with van der Waals surface area (Å²) >= 11 is 1.37. The van der Waals surface area contributed by atoms with Gasteiger partial charge in [-0.2, -0.15) is 0 Å². The molecule has 0 aliphatic carbocycles. The topological polar surface area (TPSA) is 43.4 Å². The molecule has 1 heterocycles. The van der Waals surface area contributed by atoms with Crippen molar-refractivity contribution in [3.8, 4) is 0 Å². The van der Waals surface area contributed by atoms with Gasteiger partial charge in [-0.3, -0.25) is 4.79 Å². The molecule has 0 unspecified atom stereocenters. The minimum Gasteiger partial charge on any atom is -0.462 e. The average Bonchev–Trinajstić information content (AvgIpc) is 2.70. The van der Waals surface area contributed by atoms with Crippen LogP contribution in [0.25, 0.3) is 10.1 Å². The van der Waals surface area contributed by atoms with Gasteiger partial charge in [0.1, 0.15) is 0 Å². The van der Waals surface area contributed by atoms with Crippen LogP contribution in [0.5, 0.6) is 0 Å². The van der Waals surface area contributed by atoms with E-state index in [9.17, 15) is 9.59 Å². The van der Waals surface area contributed by atoms with E-state index >= 15 is 0 Å². The largest absolute Gasteiger partial charge is 0.462 e. The fourth-order valence-corrected chi connectivity index (χ4v) is 2.37. The first-order valence-electron chi connectivity index (χ1n) is 4.90. The fraction of sp³-hybridized carbons (Fsp3) is 0.167. The SMILES string of the molecule is CCOC(=O)c1ccc2cc(C=O)sc2c1. The van der Waals surface area contributed by atoms with Crippen molar-refractivity contribution in [2.75, 3.05) is 6.61 Å². The summed E-state index contributed by atoms with van der Waals surface area (Å²) in [5.74, 6) is -0.328. The van der Waals surface area contributed by atoms with Gasteiger partial charge in [0.15, 0.2) is 6.29 Å². The average molecular weight is 234 g/mol. The maximum Gasteiger partial charge on any atom is 0.338 e. The van der Waals surface area contributed by atoms with Crippen LogP contribution in [-0.4, -0.2) is 18.9 Å². The number of thiophene rings is 1. The van der Waals surface area contributed by atoms with Gasteiger partial charge in [-0.15, -0.1) is 11.3 Å². The molecule has 0 aliphatic rings. The lowest BCUT2D eigenvalue weighted by Crippen LogP contribution is -2.03. The molecule has 0 spiro atoms. The van der Waals surface area contributed by atoms with E-state index < -0.39 is 0 Å². The molecule has 2 rings (SSSR count). The summed E-state index contributed by atoms with van der Waals surface area (Å²) in [5, 5.41) is 0.972. The van der Waals surface area contributed by atoms with Crippen molar-refractivity contribution in [2.24, 2.45) is 0 Å². The van der Waals surface area contributed by atoms with Crippen LogP contribution in [0.3, 0.4) is 0 Å². The molecule has 2 aromatic rings. The minimum atomic E-state index is -0.328. The Hall–Kier alpha value is -1.68. The summed E-state index contributed by atoms with van der Waals surface area (Å²) in [4.78, 5) is 22.8. The summed E-state index contributed by atoms with van der Waals surface area (Å²) in [6, 6.07) is 7.10. The number of esters is 1. The third-order valence-corrected chi connectivity index (χ3v) is 3.19. The van der Waals surface area contributed by atoms with Gasteiger partial charge < -0.3 is 4.74 Å². The third-order valence-electron chi connectivity index (χ3n) is 2.17. The van der Waals surface area contributed by atoms with E-state index in [4.69, 9.17) is 4.74 Å². The van der Waals surface area contributed by atoms with Crippen LogP contribution in [-0.2, 0) is 4.74 Å². The molecule has 0 bridgehead atoms. The van der Waals surface area contributed by atoms with E-state index in [1.807, 2.05) is 12.1 Å². The molecule has 82 valence electrons. The normalized spacial score (nSPS) is 10.3. The Kier molecular flexibility index (Phi) is 3.01. The van der Waals surface area contributed by atoms with Gasteiger partial charge in [-0.05, 0) is 30.5 Å². The van der Waals surface area contributed by atoms with Crippen molar-refractivity contribution in [2.45, 2.75) is 6.92 Å². The highest BCUT2D eigenvalue weighted by Gasteiger charge is 2.08. The van der Waals surface area contributed by atoms with Crippen molar-refractivity contribution < 1.29 is 14.3 Å². The number of aldehydes is 1. The van der Waals surface area contributed by atoms with Gasteiger partial charge in [0.2, 0.25) is 0 Å². The lowest BCUT2D eigenvalue weighted by atomic mass is 10.2. The van der Waals surface area contributed by atoms with Gasteiger partial charge in [0, 0.05) is 4.70 Å². The highest BCUT2D eigenvalue weighted by molar-refractivity contribution is 7.20. The maximum atomic E-state index is 11.5. The second kappa shape index (κ2) is 4.45. The van der Waals surface area contributed by atoms with E-state index in [1.54, 1.807) is 19.1 Å². The smallest absolute Gasteiger partial charge is 0.338 e. The second-order valence-corrected chi connectivity index (χ2v) is 4.36. The molecular formula is C12H10O3S. The predicted molar refractivity (Wildman–Crippen MR) is 63.2 cm³/mol. The third kappa shape index (κ3) is 1.97. The molecule has 0 amide bonds. The number of benzene rings is 1. The quantitative estimate of drug-likeness (QED) is 0.605. The number of hydrogen-bond acceptors (Lipinski definition) is 4. The molecule has 3 nitrogen and oxygen atoms in total. The van der Waals surface area contributed by atoms with Crippen molar-refractivity contribution >= 4 is 33.7 Å². The fourth-order valence-electron chi connectivity index (χ4n) is 1.45. The Balaban J connectivity index is 2.42. The molecule has 0 aliphatic heterocycles.